The Bertz CT molecular complexity index is 515. The van der Waals surface area contributed by atoms with E-state index in [9.17, 15) is 14.7 Å². The molecule has 1 aromatic carbocycles. The molecule has 1 aromatic rings. The lowest BCUT2D eigenvalue weighted by Gasteiger charge is -2.34. The zero-order chi connectivity index (χ0) is 15.2. The first-order chi connectivity index (χ1) is 10.1. The van der Waals surface area contributed by atoms with Crippen molar-refractivity contribution < 1.29 is 19.4 Å². The summed E-state index contributed by atoms with van der Waals surface area (Å²) in [6.45, 7) is 1.90. The lowest BCUT2D eigenvalue weighted by molar-refractivity contribution is 0.0571. The molecule has 0 spiro atoms. The molecule has 7 heteroatoms. The minimum Gasteiger partial charge on any atom is -0.508 e. The van der Waals surface area contributed by atoms with Gasteiger partial charge in [0.05, 0.1) is 5.88 Å². The van der Waals surface area contributed by atoms with Gasteiger partial charge in [0.15, 0.2) is 0 Å². The van der Waals surface area contributed by atoms with E-state index >= 15 is 0 Å². The van der Waals surface area contributed by atoms with Crippen molar-refractivity contribution >= 4 is 23.6 Å². The molecule has 1 saturated heterocycles. The number of amides is 2. The smallest absolute Gasteiger partial charge is 0.409 e. The molecule has 21 heavy (non-hydrogen) atoms. The first-order valence-corrected chi connectivity index (χ1v) is 7.21. The molecule has 2 rings (SSSR count). The van der Waals surface area contributed by atoms with Gasteiger partial charge in [-0.15, -0.1) is 11.6 Å². The van der Waals surface area contributed by atoms with Crippen LogP contribution < -0.4 is 0 Å². The third kappa shape index (κ3) is 4.01. The predicted molar refractivity (Wildman–Crippen MR) is 77.7 cm³/mol. The van der Waals surface area contributed by atoms with Crippen LogP contribution in [0.1, 0.15) is 10.4 Å². The van der Waals surface area contributed by atoms with Crippen LogP contribution in [0.3, 0.4) is 0 Å². The van der Waals surface area contributed by atoms with Gasteiger partial charge in [0.25, 0.3) is 5.91 Å². The van der Waals surface area contributed by atoms with E-state index in [2.05, 4.69) is 0 Å². The van der Waals surface area contributed by atoms with Crippen molar-refractivity contribution in [1.82, 2.24) is 9.80 Å². The predicted octanol–water partition coefficient (Wildman–Crippen LogP) is 1.53. The van der Waals surface area contributed by atoms with Gasteiger partial charge in [0.2, 0.25) is 0 Å². The van der Waals surface area contributed by atoms with Gasteiger partial charge < -0.3 is 19.6 Å². The molecule has 1 aliphatic rings. The topological polar surface area (TPSA) is 70.1 Å². The fourth-order valence-electron chi connectivity index (χ4n) is 2.13. The second-order valence-corrected chi connectivity index (χ2v) is 5.01. The summed E-state index contributed by atoms with van der Waals surface area (Å²) in [5.41, 5.74) is 0.438. The highest BCUT2D eigenvalue weighted by Gasteiger charge is 2.25. The van der Waals surface area contributed by atoms with E-state index in [1.54, 1.807) is 21.9 Å². The fraction of sp³-hybridized carbons (Fsp3) is 0.429. The normalized spacial score (nSPS) is 14.9. The maximum atomic E-state index is 12.3. The maximum absolute atomic E-state index is 12.3. The summed E-state index contributed by atoms with van der Waals surface area (Å²) < 4.78 is 4.95. The maximum Gasteiger partial charge on any atom is 0.409 e. The summed E-state index contributed by atoms with van der Waals surface area (Å²) >= 11 is 5.46. The molecule has 0 aromatic heterocycles. The lowest BCUT2D eigenvalue weighted by atomic mass is 10.1. The Morgan fingerprint density at radius 1 is 1.19 bits per heavy atom. The molecule has 2 amide bonds. The molecule has 114 valence electrons. The molecule has 0 saturated carbocycles. The first-order valence-electron chi connectivity index (χ1n) is 6.68. The van der Waals surface area contributed by atoms with Gasteiger partial charge in [-0.25, -0.2) is 4.79 Å². The highest BCUT2D eigenvalue weighted by Crippen LogP contribution is 2.14. The first kappa shape index (κ1) is 15.4. The quantitative estimate of drug-likeness (QED) is 0.859. The van der Waals surface area contributed by atoms with E-state index in [4.69, 9.17) is 16.3 Å². The summed E-state index contributed by atoms with van der Waals surface area (Å²) in [6.07, 6.45) is -0.403. The minimum atomic E-state index is -0.403. The minimum absolute atomic E-state index is 0.0594. The molecule has 1 N–H and O–H groups in total. The Hall–Kier alpha value is -1.95. The van der Waals surface area contributed by atoms with Crippen LogP contribution in [0.15, 0.2) is 24.3 Å². The highest BCUT2D eigenvalue weighted by atomic mass is 35.5. The summed E-state index contributed by atoms with van der Waals surface area (Å²) in [5, 5.41) is 9.41. The molecule has 1 heterocycles. The molecule has 1 aliphatic heterocycles. The molecule has 6 nitrogen and oxygen atoms in total. The van der Waals surface area contributed by atoms with Gasteiger partial charge in [-0.1, -0.05) is 6.07 Å². The van der Waals surface area contributed by atoms with Gasteiger partial charge in [0, 0.05) is 31.7 Å². The largest absolute Gasteiger partial charge is 0.508 e. The zero-order valence-corrected chi connectivity index (χ0v) is 12.3. The van der Waals surface area contributed by atoms with Crippen LogP contribution in [0.25, 0.3) is 0 Å². The summed E-state index contributed by atoms with van der Waals surface area (Å²) in [7, 11) is 0. The van der Waals surface area contributed by atoms with Gasteiger partial charge >= 0.3 is 6.09 Å². The van der Waals surface area contributed by atoms with E-state index in [1.165, 1.54) is 12.1 Å². The van der Waals surface area contributed by atoms with Crippen molar-refractivity contribution in [3.63, 3.8) is 0 Å². The zero-order valence-electron chi connectivity index (χ0n) is 11.5. The number of aromatic hydroxyl groups is 1. The average Bonchev–Trinajstić information content (AvgIpc) is 2.52. The Balaban J connectivity index is 1.89. The van der Waals surface area contributed by atoms with Crippen molar-refractivity contribution in [3.05, 3.63) is 29.8 Å². The Morgan fingerprint density at radius 2 is 1.86 bits per heavy atom. The monoisotopic (exact) mass is 312 g/mol. The van der Waals surface area contributed by atoms with Crippen LogP contribution in [0.4, 0.5) is 4.79 Å². The van der Waals surface area contributed by atoms with Crippen LogP contribution in [0.2, 0.25) is 0 Å². The van der Waals surface area contributed by atoms with E-state index in [-0.39, 0.29) is 24.1 Å². The molecule has 0 atom stereocenters. The molecular weight excluding hydrogens is 296 g/mol. The number of ether oxygens (including phenoxy) is 1. The Morgan fingerprint density at radius 3 is 2.48 bits per heavy atom. The SMILES string of the molecule is O=C(OCCCl)N1CCN(C(=O)c2cccc(O)c2)CC1. The number of benzene rings is 1. The molecule has 0 unspecified atom stereocenters. The van der Waals surface area contributed by atoms with Crippen molar-refractivity contribution in [3.8, 4) is 5.75 Å². The molecular formula is C14H17ClN2O4. The highest BCUT2D eigenvalue weighted by molar-refractivity contribution is 6.18. The van der Waals surface area contributed by atoms with Gasteiger partial charge in [0.1, 0.15) is 12.4 Å². The third-order valence-corrected chi connectivity index (χ3v) is 3.38. The number of carbonyl (C=O) groups excluding carboxylic acids is 2. The number of rotatable bonds is 3. The second-order valence-electron chi connectivity index (χ2n) is 4.63. The van der Waals surface area contributed by atoms with Crippen LogP contribution in [-0.4, -0.2) is 65.6 Å². The van der Waals surface area contributed by atoms with Crippen molar-refractivity contribution in [2.75, 3.05) is 38.7 Å². The van der Waals surface area contributed by atoms with Crippen molar-refractivity contribution in [2.24, 2.45) is 0 Å². The van der Waals surface area contributed by atoms with Crippen LogP contribution in [0.5, 0.6) is 5.75 Å². The summed E-state index contributed by atoms with van der Waals surface area (Å²) in [6, 6.07) is 6.23. The lowest BCUT2D eigenvalue weighted by Crippen LogP contribution is -2.50. The molecule has 0 radical (unpaired) electrons. The van der Waals surface area contributed by atoms with E-state index in [0.717, 1.165) is 0 Å². The van der Waals surface area contributed by atoms with E-state index in [1.807, 2.05) is 0 Å². The number of carbonyl (C=O) groups is 2. The second kappa shape index (κ2) is 7.17. The number of nitrogens with zero attached hydrogens (tertiary/aromatic N) is 2. The number of hydrogen-bond acceptors (Lipinski definition) is 4. The Kier molecular flexibility index (Phi) is 5.27. The van der Waals surface area contributed by atoms with Gasteiger partial charge in [-0.2, -0.15) is 0 Å². The van der Waals surface area contributed by atoms with Crippen LogP contribution in [-0.2, 0) is 4.74 Å². The number of piperazine rings is 1. The van der Waals surface area contributed by atoms with Crippen LogP contribution >= 0.6 is 11.6 Å². The standard InChI is InChI=1S/C14H17ClN2O4/c15-4-9-21-14(20)17-7-5-16(6-8-17)13(19)11-2-1-3-12(18)10-11/h1-3,10,18H,4-9H2. The number of halogens is 1. The number of hydrogen-bond donors (Lipinski definition) is 1. The Labute approximate surface area is 127 Å². The molecule has 0 bridgehead atoms. The summed E-state index contributed by atoms with van der Waals surface area (Å²) in [5.74, 6) is 0.172. The van der Waals surface area contributed by atoms with E-state index in [0.29, 0.717) is 31.7 Å². The number of phenols is 1. The van der Waals surface area contributed by atoms with Gasteiger partial charge in [-0.05, 0) is 18.2 Å². The van der Waals surface area contributed by atoms with E-state index < -0.39 is 6.09 Å². The van der Waals surface area contributed by atoms with Crippen LogP contribution in [0, 0.1) is 0 Å². The number of phenolic OH excluding ortho intramolecular Hbond substituents is 1. The van der Waals surface area contributed by atoms with Crippen molar-refractivity contribution in [1.29, 1.82) is 0 Å². The summed E-state index contributed by atoms with van der Waals surface area (Å²) in [4.78, 5) is 27.1. The average molecular weight is 313 g/mol. The van der Waals surface area contributed by atoms with Gasteiger partial charge in [-0.3, -0.25) is 4.79 Å². The molecule has 1 fully saturated rings. The third-order valence-electron chi connectivity index (χ3n) is 3.22. The molecule has 0 aliphatic carbocycles. The van der Waals surface area contributed by atoms with Crippen molar-refractivity contribution in [2.45, 2.75) is 0 Å². The fourth-order valence-corrected chi connectivity index (χ4v) is 2.21. The number of alkyl halides is 1.